The van der Waals surface area contributed by atoms with E-state index in [-0.39, 0.29) is 23.5 Å². The molecule has 152 valence electrons. The van der Waals surface area contributed by atoms with Gasteiger partial charge in [0.2, 0.25) is 5.91 Å². The Hall–Kier alpha value is -1.89. The molecule has 2 aromatic rings. The zero-order chi connectivity index (χ0) is 20.1. The van der Waals surface area contributed by atoms with E-state index in [1.54, 1.807) is 18.2 Å². The third kappa shape index (κ3) is 5.56. The number of rotatable bonds is 10. The van der Waals surface area contributed by atoms with Gasteiger partial charge >= 0.3 is 0 Å². The number of nitrogens with one attached hydrogen (secondary N) is 1. The molecule has 1 amide bonds. The molecule has 1 N–H and O–H groups in total. The minimum Gasteiger partial charge on any atom is -0.353 e. The lowest BCUT2D eigenvalue weighted by molar-refractivity contribution is -0.119. The van der Waals surface area contributed by atoms with Crippen molar-refractivity contribution in [2.24, 2.45) is 5.92 Å². The predicted molar refractivity (Wildman–Crippen MR) is 111 cm³/mol. The zero-order valence-corrected chi connectivity index (χ0v) is 17.6. The second-order valence-electron chi connectivity index (χ2n) is 7.97. The molecule has 1 aliphatic rings. The highest BCUT2D eigenvalue weighted by Crippen LogP contribution is 2.41. The molecule has 1 atom stereocenters. The van der Waals surface area contributed by atoms with Crippen LogP contribution in [-0.2, 0) is 4.79 Å². The second kappa shape index (κ2) is 9.54. The van der Waals surface area contributed by atoms with Gasteiger partial charge in [-0.25, -0.2) is 4.39 Å². The first-order valence-corrected chi connectivity index (χ1v) is 11.1. The molecule has 0 spiro atoms. The molecular formula is C21H29FN4OS. The highest BCUT2D eigenvalue weighted by atomic mass is 32.2. The Bertz CT molecular complexity index is 803. The van der Waals surface area contributed by atoms with Gasteiger partial charge in [0.05, 0.1) is 11.3 Å². The summed E-state index contributed by atoms with van der Waals surface area (Å²) in [5.74, 6) is 1.22. The van der Waals surface area contributed by atoms with E-state index in [2.05, 4.69) is 29.4 Å². The molecule has 0 radical (unpaired) electrons. The van der Waals surface area contributed by atoms with Gasteiger partial charge in [0.25, 0.3) is 0 Å². The molecule has 0 bridgehead atoms. The number of carbonyl (C=O) groups is 1. The van der Waals surface area contributed by atoms with Gasteiger partial charge in [0.1, 0.15) is 5.82 Å². The van der Waals surface area contributed by atoms with Gasteiger partial charge in [0, 0.05) is 12.1 Å². The Kier molecular flexibility index (Phi) is 7.10. The van der Waals surface area contributed by atoms with E-state index in [1.807, 2.05) is 11.5 Å². The molecule has 0 aliphatic heterocycles. The van der Waals surface area contributed by atoms with Crippen molar-refractivity contribution >= 4 is 17.7 Å². The summed E-state index contributed by atoms with van der Waals surface area (Å²) in [6, 6.07) is 7.08. The Morgan fingerprint density at radius 1 is 1.25 bits per heavy atom. The van der Waals surface area contributed by atoms with Gasteiger partial charge in [0.15, 0.2) is 11.0 Å². The standard InChI is InChI=1S/C21H29FN4OS/c1-14(2)7-6-8-15(3)23-19(27)13-28-21-25-24-20(26(21)16-11-12-16)17-9-4-5-10-18(17)22/h4-5,9-10,14-16H,6-8,11-13H2,1-3H3,(H,23,27)/t15-/m0/s1. The third-order valence-corrected chi connectivity index (χ3v) is 5.79. The van der Waals surface area contributed by atoms with Gasteiger partial charge in [-0.05, 0) is 44.2 Å². The van der Waals surface area contributed by atoms with Crippen molar-refractivity contribution < 1.29 is 9.18 Å². The number of hydrogen-bond acceptors (Lipinski definition) is 4. The molecule has 3 rings (SSSR count). The number of thioether (sulfide) groups is 1. The predicted octanol–water partition coefficient (Wildman–Crippen LogP) is 4.84. The van der Waals surface area contributed by atoms with Crippen molar-refractivity contribution in [1.29, 1.82) is 0 Å². The topological polar surface area (TPSA) is 59.8 Å². The van der Waals surface area contributed by atoms with E-state index in [0.717, 1.165) is 25.7 Å². The molecule has 0 saturated heterocycles. The molecule has 1 aromatic heterocycles. The minimum atomic E-state index is -0.304. The van der Waals surface area contributed by atoms with Crippen LogP contribution in [0.2, 0.25) is 0 Å². The normalized spacial score (nSPS) is 15.0. The Labute approximate surface area is 170 Å². The molecule has 5 nitrogen and oxygen atoms in total. The number of benzene rings is 1. The molecule has 7 heteroatoms. The molecule has 28 heavy (non-hydrogen) atoms. The fourth-order valence-corrected chi connectivity index (χ4v) is 4.03. The van der Waals surface area contributed by atoms with Crippen molar-refractivity contribution in [3.8, 4) is 11.4 Å². The maximum absolute atomic E-state index is 14.2. The number of amides is 1. The van der Waals surface area contributed by atoms with Crippen molar-refractivity contribution in [3.05, 3.63) is 30.1 Å². The molecular weight excluding hydrogens is 375 g/mol. The average molecular weight is 405 g/mol. The number of nitrogens with zero attached hydrogens (tertiary/aromatic N) is 3. The van der Waals surface area contributed by atoms with Gasteiger partial charge in [-0.1, -0.05) is 50.6 Å². The molecule has 1 saturated carbocycles. The fraction of sp³-hybridized carbons (Fsp3) is 0.571. The van der Waals surface area contributed by atoms with Crippen LogP contribution < -0.4 is 5.32 Å². The first kappa shape index (κ1) is 20.8. The fourth-order valence-electron chi connectivity index (χ4n) is 3.21. The van der Waals surface area contributed by atoms with Crippen LogP contribution in [0.25, 0.3) is 11.4 Å². The summed E-state index contributed by atoms with van der Waals surface area (Å²) in [5, 5.41) is 12.2. The van der Waals surface area contributed by atoms with Crippen LogP contribution in [0.5, 0.6) is 0 Å². The molecule has 1 heterocycles. The molecule has 1 aromatic carbocycles. The third-order valence-electron chi connectivity index (χ3n) is 4.85. The lowest BCUT2D eigenvalue weighted by atomic mass is 10.0. The lowest BCUT2D eigenvalue weighted by Crippen LogP contribution is -2.33. The van der Waals surface area contributed by atoms with Gasteiger partial charge in [-0.2, -0.15) is 0 Å². The first-order chi connectivity index (χ1) is 13.5. The summed E-state index contributed by atoms with van der Waals surface area (Å²) in [7, 11) is 0. The van der Waals surface area contributed by atoms with Gasteiger partial charge in [-0.15, -0.1) is 10.2 Å². The lowest BCUT2D eigenvalue weighted by Gasteiger charge is -2.14. The number of carbonyl (C=O) groups excluding carboxylic acids is 1. The maximum Gasteiger partial charge on any atom is 0.230 e. The molecule has 1 aliphatic carbocycles. The van der Waals surface area contributed by atoms with Crippen molar-refractivity contribution in [2.75, 3.05) is 5.75 Å². The van der Waals surface area contributed by atoms with E-state index in [4.69, 9.17) is 0 Å². The van der Waals surface area contributed by atoms with Crippen molar-refractivity contribution in [1.82, 2.24) is 20.1 Å². The van der Waals surface area contributed by atoms with E-state index in [9.17, 15) is 9.18 Å². The number of hydrogen-bond donors (Lipinski definition) is 1. The van der Waals surface area contributed by atoms with Crippen molar-refractivity contribution in [3.63, 3.8) is 0 Å². The van der Waals surface area contributed by atoms with E-state index >= 15 is 0 Å². The maximum atomic E-state index is 14.2. The van der Waals surface area contributed by atoms with Gasteiger partial charge in [-0.3, -0.25) is 9.36 Å². The summed E-state index contributed by atoms with van der Waals surface area (Å²) in [4.78, 5) is 12.3. The van der Waals surface area contributed by atoms with Crippen LogP contribution in [0, 0.1) is 11.7 Å². The Balaban J connectivity index is 1.59. The summed E-state index contributed by atoms with van der Waals surface area (Å²) in [5.41, 5.74) is 0.456. The average Bonchev–Trinajstić information content (AvgIpc) is 3.39. The highest BCUT2D eigenvalue weighted by Gasteiger charge is 2.31. The summed E-state index contributed by atoms with van der Waals surface area (Å²) in [6.45, 7) is 6.48. The minimum absolute atomic E-state index is 0.000152. The molecule has 1 fully saturated rings. The van der Waals surface area contributed by atoms with Crippen LogP contribution >= 0.6 is 11.8 Å². The van der Waals surface area contributed by atoms with E-state index in [1.165, 1.54) is 24.2 Å². The van der Waals surface area contributed by atoms with Crippen LogP contribution in [-0.4, -0.2) is 32.5 Å². The van der Waals surface area contributed by atoms with Crippen LogP contribution in [0.3, 0.4) is 0 Å². The summed E-state index contributed by atoms with van der Waals surface area (Å²) >= 11 is 1.37. The zero-order valence-electron chi connectivity index (χ0n) is 16.8. The van der Waals surface area contributed by atoms with Crippen LogP contribution in [0.1, 0.15) is 58.9 Å². The Morgan fingerprint density at radius 3 is 2.68 bits per heavy atom. The Morgan fingerprint density at radius 2 is 2.00 bits per heavy atom. The van der Waals surface area contributed by atoms with Crippen molar-refractivity contribution in [2.45, 2.75) is 70.1 Å². The SMILES string of the molecule is CC(C)CCC[C@H](C)NC(=O)CSc1nnc(-c2ccccc2F)n1C1CC1. The van der Waals surface area contributed by atoms with Gasteiger partial charge < -0.3 is 5.32 Å². The summed E-state index contributed by atoms with van der Waals surface area (Å²) in [6.07, 6.45) is 5.36. The van der Waals surface area contributed by atoms with E-state index in [0.29, 0.717) is 28.5 Å². The smallest absolute Gasteiger partial charge is 0.230 e. The highest BCUT2D eigenvalue weighted by molar-refractivity contribution is 7.99. The quantitative estimate of drug-likeness (QED) is 0.576. The number of aromatic nitrogens is 3. The monoisotopic (exact) mass is 404 g/mol. The number of halogens is 1. The largest absolute Gasteiger partial charge is 0.353 e. The van der Waals surface area contributed by atoms with E-state index < -0.39 is 0 Å². The first-order valence-electron chi connectivity index (χ1n) is 10.1. The second-order valence-corrected chi connectivity index (χ2v) is 8.91. The van der Waals surface area contributed by atoms with Crippen LogP contribution in [0.15, 0.2) is 29.4 Å². The molecule has 0 unspecified atom stereocenters. The summed E-state index contributed by atoms with van der Waals surface area (Å²) < 4.78 is 16.2. The van der Waals surface area contributed by atoms with Crippen LogP contribution in [0.4, 0.5) is 4.39 Å².